The van der Waals surface area contributed by atoms with Crippen LogP contribution in [0.2, 0.25) is 0 Å². The molecule has 1 fully saturated rings. The van der Waals surface area contributed by atoms with Crippen molar-refractivity contribution in [2.45, 2.75) is 38.3 Å². The second-order valence-corrected chi connectivity index (χ2v) is 5.43. The monoisotopic (exact) mass is 289 g/mol. The predicted octanol–water partition coefficient (Wildman–Crippen LogP) is 2.69. The van der Waals surface area contributed by atoms with E-state index >= 15 is 0 Å². The van der Waals surface area contributed by atoms with Crippen molar-refractivity contribution in [3.05, 3.63) is 34.9 Å². The Bertz CT molecular complexity index is 584. The van der Waals surface area contributed by atoms with Gasteiger partial charge in [0.05, 0.1) is 25.3 Å². The molecule has 3 rings (SSSR count). The third-order valence-corrected chi connectivity index (χ3v) is 4.37. The third-order valence-electron chi connectivity index (χ3n) is 4.37. The highest BCUT2D eigenvalue weighted by molar-refractivity contribution is 5.92. The van der Waals surface area contributed by atoms with Gasteiger partial charge in [0.2, 0.25) is 0 Å². The number of fused-ring (bicyclic) bond motifs is 4. The Morgan fingerprint density at radius 1 is 1.33 bits per heavy atom. The summed E-state index contributed by atoms with van der Waals surface area (Å²) in [5.74, 6) is -0.346. The number of methoxy groups -OCH3 is 1. The first-order chi connectivity index (χ1) is 10.2. The summed E-state index contributed by atoms with van der Waals surface area (Å²) in [5, 5.41) is 0. The van der Waals surface area contributed by atoms with Crippen LogP contribution in [0.4, 0.5) is 4.79 Å². The average Bonchev–Trinajstić information content (AvgIpc) is 2.81. The summed E-state index contributed by atoms with van der Waals surface area (Å²) in [6.45, 7) is 2.16. The predicted molar refractivity (Wildman–Crippen MR) is 76.1 cm³/mol. The summed E-state index contributed by atoms with van der Waals surface area (Å²) in [5.41, 5.74) is 2.65. The molecule has 0 aliphatic carbocycles. The highest BCUT2D eigenvalue weighted by Gasteiger charge is 2.44. The number of rotatable bonds is 2. The van der Waals surface area contributed by atoms with Gasteiger partial charge in [-0.1, -0.05) is 12.1 Å². The van der Waals surface area contributed by atoms with Crippen molar-refractivity contribution in [2.24, 2.45) is 0 Å². The number of carbonyl (C=O) groups excluding carboxylic acids is 2. The van der Waals surface area contributed by atoms with Crippen molar-refractivity contribution in [1.82, 2.24) is 4.90 Å². The molecular weight excluding hydrogens is 270 g/mol. The van der Waals surface area contributed by atoms with E-state index in [9.17, 15) is 9.59 Å². The summed E-state index contributed by atoms with van der Waals surface area (Å²) < 4.78 is 10.1. The Kier molecular flexibility index (Phi) is 3.57. The molecule has 2 bridgehead atoms. The minimum atomic E-state index is -0.346. The van der Waals surface area contributed by atoms with E-state index in [4.69, 9.17) is 9.47 Å². The quantitative estimate of drug-likeness (QED) is 0.785. The maximum Gasteiger partial charge on any atom is 0.410 e. The molecule has 2 aliphatic rings. The van der Waals surface area contributed by atoms with Crippen molar-refractivity contribution in [2.75, 3.05) is 13.7 Å². The number of ether oxygens (including phenoxy) is 2. The number of hydrogen-bond acceptors (Lipinski definition) is 4. The zero-order valence-corrected chi connectivity index (χ0v) is 12.3. The average molecular weight is 289 g/mol. The lowest BCUT2D eigenvalue weighted by Gasteiger charge is -2.36. The van der Waals surface area contributed by atoms with Gasteiger partial charge in [-0.3, -0.25) is 4.90 Å². The largest absolute Gasteiger partial charge is 0.465 e. The molecule has 5 nitrogen and oxygen atoms in total. The molecule has 0 N–H and O–H groups in total. The summed E-state index contributed by atoms with van der Waals surface area (Å²) >= 11 is 0. The Balaban J connectivity index is 2.03. The van der Waals surface area contributed by atoms with E-state index in [-0.39, 0.29) is 24.1 Å². The molecular formula is C16H19NO4. The van der Waals surface area contributed by atoms with Gasteiger partial charge < -0.3 is 9.47 Å². The minimum Gasteiger partial charge on any atom is -0.465 e. The smallest absolute Gasteiger partial charge is 0.410 e. The summed E-state index contributed by atoms with van der Waals surface area (Å²) in [7, 11) is 1.38. The summed E-state index contributed by atoms with van der Waals surface area (Å²) in [6.07, 6.45) is 2.30. The van der Waals surface area contributed by atoms with Gasteiger partial charge in [-0.05, 0) is 43.4 Å². The van der Waals surface area contributed by atoms with Crippen molar-refractivity contribution in [1.29, 1.82) is 0 Å². The van der Waals surface area contributed by atoms with Crippen LogP contribution in [0, 0.1) is 0 Å². The van der Waals surface area contributed by atoms with Crippen molar-refractivity contribution in [3.63, 3.8) is 0 Å². The number of carbonyl (C=O) groups is 2. The van der Waals surface area contributed by atoms with Crippen molar-refractivity contribution >= 4 is 12.1 Å². The van der Waals surface area contributed by atoms with E-state index in [1.807, 2.05) is 12.1 Å². The zero-order chi connectivity index (χ0) is 15.0. The van der Waals surface area contributed by atoms with Crippen LogP contribution < -0.4 is 0 Å². The van der Waals surface area contributed by atoms with Crippen LogP contribution in [0.15, 0.2) is 18.2 Å². The molecule has 2 heterocycles. The lowest BCUT2D eigenvalue weighted by molar-refractivity contribution is 0.0588. The molecule has 5 heteroatoms. The molecule has 0 aromatic heterocycles. The van der Waals surface area contributed by atoms with E-state index < -0.39 is 0 Å². The second kappa shape index (κ2) is 5.39. The molecule has 21 heavy (non-hydrogen) atoms. The lowest BCUT2D eigenvalue weighted by Crippen LogP contribution is -2.42. The summed E-state index contributed by atoms with van der Waals surface area (Å²) in [4.78, 5) is 26.0. The molecule has 2 unspecified atom stereocenters. The Morgan fingerprint density at radius 2 is 2.14 bits per heavy atom. The van der Waals surface area contributed by atoms with Crippen molar-refractivity contribution < 1.29 is 19.1 Å². The standard InChI is InChI=1S/C16H19NO4/c1-3-21-16(19)17-11-7-8-13(17)14-10(9-11)5-4-6-12(14)15(18)20-2/h4-6,11,13H,3,7-9H2,1-2H3. The van der Waals surface area contributed by atoms with Crippen LogP contribution in [-0.4, -0.2) is 36.7 Å². The van der Waals surface area contributed by atoms with Gasteiger partial charge in [0.25, 0.3) is 0 Å². The van der Waals surface area contributed by atoms with E-state index in [1.54, 1.807) is 17.9 Å². The molecule has 0 spiro atoms. The maximum atomic E-state index is 12.2. The van der Waals surface area contributed by atoms with Gasteiger partial charge in [0.15, 0.2) is 0 Å². The number of amides is 1. The Labute approximate surface area is 123 Å². The van der Waals surface area contributed by atoms with E-state index in [0.717, 1.165) is 30.4 Å². The first kappa shape index (κ1) is 13.9. The highest BCUT2D eigenvalue weighted by atomic mass is 16.6. The first-order valence-corrected chi connectivity index (χ1v) is 7.32. The van der Waals surface area contributed by atoms with Crippen molar-refractivity contribution in [3.8, 4) is 0 Å². The molecule has 1 aromatic rings. The van der Waals surface area contributed by atoms with Crippen LogP contribution in [0.1, 0.15) is 47.3 Å². The molecule has 1 aromatic carbocycles. The number of esters is 1. The van der Waals surface area contributed by atoms with E-state index in [2.05, 4.69) is 0 Å². The summed E-state index contributed by atoms with van der Waals surface area (Å²) in [6, 6.07) is 5.79. The minimum absolute atomic E-state index is 0.0758. The SMILES string of the molecule is CCOC(=O)N1C2CCC1c1c(cccc1C(=O)OC)C2. The first-order valence-electron chi connectivity index (χ1n) is 7.32. The van der Waals surface area contributed by atoms with Crippen LogP contribution in [0.5, 0.6) is 0 Å². The van der Waals surface area contributed by atoms with E-state index in [0.29, 0.717) is 12.2 Å². The van der Waals surface area contributed by atoms with Crippen LogP contribution in [0.25, 0.3) is 0 Å². The van der Waals surface area contributed by atoms with Crippen LogP contribution in [0.3, 0.4) is 0 Å². The van der Waals surface area contributed by atoms with Gasteiger partial charge >= 0.3 is 12.1 Å². The Morgan fingerprint density at radius 3 is 2.86 bits per heavy atom. The molecule has 0 saturated carbocycles. The Hall–Kier alpha value is -2.04. The van der Waals surface area contributed by atoms with Crippen LogP contribution in [-0.2, 0) is 15.9 Å². The fraction of sp³-hybridized carbons (Fsp3) is 0.500. The molecule has 1 amide bonds. The number of nitrogens with zero attached hydrogens (tertiary/aromatic N) is 1. The van der Waals surface area contributed by atoms with Gasteiger partial charge in [-0.15, -0.1) is 0 Å². The fourth-order valence-electron chi connectivity index (χ4n) is 3.57. The molecule has 2 atom stereocenters. The van der Waals surface area contributed by atoms with Gasteiger partial charge in [0.1, 0.15) is 0 Å². The van der Waals surface area contributed by atoms with Gasteiger partial charge in [-0.2, -0.15) is 0 Å². The van der Waals surface area contributed by atoms with E-state index in [1.165, 1.54) is 7.11 Å². The zero-order valence-electron chi connectivity index (χ0n) is 12.3. The maximum absolute atomic E-state index is 12.2. The van der Waals surface area contributed by atoms with Gasteiger partial charge in [-0.25, -0.2) is 9.59 Å². The molecule has 2 aliphatic heterocycles. The highest BCUT2D eigenvalue weighted by Crippen LogP contribution is 2.45. The molecule has 0 radical (unpaired) electrons. The lowest BCUT2D eigenvalue weighted by atomic mass is 9.89. The number of benzene rings is 1. The van der Waals surface area contributed by atoms with Crippen LogP contribution >= 0.6 is 0 Å². The normalized spacial score (nSPS) is 22.7. The van der Waals surface area contributed by atoms with Gasteiger partial charge in [0, 0.05) is 6.04 Å². The number of hydrogen-bond donors (Lipinski definition) is 0. The molecule has 1 saturated heterocycles. The third kappa shape index (κ3) is 2.17. The second-order valence-electron chi connectivity index (χ2n) is 5.43. The topological polar surface area (TPSA) is 55.8 Å². The fourth-order valence-corrected chi connectivity index (χ4v) is 3.57. The molecule has 112 valence electrons.